The number of aryl methyl sites for hydroxylation is 2. The van der Waals surface area contributed by atoms with E-state index in [1.54, 1.807) is 0 Å². The molecule has 2 N–H and O–H groups in total. The van der Waals surface area contributed by atoms with E-state index in [-0.39, 0.29) is 5.91 Å². The van der Waals surface area contributed by atoms with Gasteiger partial charge in [-0.25, -0.2) is 0 Å². The van der Waals surface area contributed by atoms with Crippen molar-refractivity contribution in [2.24, 2.45) is 5.92 Å². The van der Waals surface area contributed by atoms with Crippen LogP contribution >= 0.6 is 0 Å². The molecule has 0 aromatic heterocycles. The van der Waals surface area contributed by atoms with Gasteiger partial charge in [0.1, 0.15) is 0 Å². The molecule has 1 fully saturated rings. The Morgan fingerprint density at radius 3 is 2.70 bits per heavy atom. The van der Waals surface area contributed by atoms with Crippen LogP contribution in [0.3, 0.4) is 0 Å². The number of carbonyl (C=O) groups excluding carboxylic acids is 1. The van der Waals surface area contributed by atoms with Crippen molar-refractivity contribution in [3.05, 3.63) is 29.3 Å². The quantitative estimate of drug-likeness (QED) is 0.863. The normalized spacial score (nSPS) is 22.6. The van der Waals surface area contributed by atoms with E-state index in [0.29, 0.717) is 6.54 Å². The van der Waals surface area contributed by atoms with E-state index >= 15 is 0 Å². The first-order chi connectivity index (χ1) is 9.60. The summed E-state index contributed by atoms with van der Waals surface area (Å²) in [6.45, 7) is 9.35. The van der Waals surface area contributed by atoms with Gasteiger partial charge in [-0.2, -0.15) is 0 Å². The Morgan fingerprint density at radius 1 is 1.35 bits per heavy atom. The summed E-state index contributed by atoms with van der Waals surface area (Å²) >= 11 is 0. The molecular formula is C17H27N2O+. The van der Waals surface area contributed by atoms with Gasteiger partial charge in [0.15, 0.2) is 6.54 Å². The predicted molar refractivity (Wildman–Crippen MR) is 83.1 cm³/mol. The highest BCUT2D eigenvalue weighted by atomic mass is 16.2. The number of benzene rings is 1. The third-order valence-electron chi connectivity index (χ3n) is 4.40. The first-order valence-electron chi connectivity index (χ1n) is 7.82. The number of piperidine rings is 1. The molecule has 0 aliphatic carbocycles. The molecule has 1 heterocycles. The van der Waals surface area contributed by atoms with Crippen LogP contribution in [0, 0.1) is 12.8 Å². The number of likely N-dealkylation sites (tertiary alicyclic amines) is 1. The molecule has 1 amide bonds. The zero-order valence-corrected chi connectivity index (χ0v) is 13.0. The molecule has 3 heteroatoms. The maximum atomic E-state index is 12.3. The Morgan fingerprint density at radius 2 is 2.05 bits per heavy atom. The average Bonchev–Trinajstić information content (AvgIpc) is 2.43. The highest BCUT2D eigenvalue weighted by molar-refractivity contribution is 5.93. The largest absolute Gasteiger partial charge is 0.327 e. The van der Waals surface area contributed by atoms with Crippen LogP contribution in [0.25, 0.3) is 0 Å². The summed E-state index contributed by atoms with van der Waals surface area (Å²) in [5, 5.41) is 3.13. The van der Waals surface area contributed by atoms with Crippen LogP contribution in [-0.4, -0.2) is 25.5 Å². The molecule has 1 aliphatic rings. The molecule has 20 heavy (non-hydrogen) atoms. The first-order valence-corrected chi connectivity index (χ1v) is 7.82. The molecule has 0 spiro atoms. The van der Waals surface area contributed by atoms with Crippen LogP contribution in [0.2, 0.25) is 0 Å². The molecule has 1 aromatic rings. The highest BCUT2D eigenvalue weighted by Gasteiger charge is 2.21. The number of rotatable bonds is 4. The summed E-state index contributed by atoms with van der Waals surface area (Å²) in [6, 6.07) is 6.21. The minimum Gasteiger partial charge on any atom is -0.327 e. The molecule has 0 radical (unpaired) electrons. The zero-order chi connectivity index (χ0) is 14.5. The van der Waals surface area contributed by atoms with Crippen LogP contribution in [0.5, 0.6) is 0 Å². The summed E-state index contributed by atoms with van der Waals surface area (Å²) < 4.78 is 0. The van der Waals surface area contributed by atoms with E-state index in [2.05, 4.69) is 44.3 Å². The number of carbonyl (C=O) groups is 1. The van der Waals surface area contributed by atoms with Crippen LogP contribution in [0.4, 0.5) is 5.69 Å². The van der Waals surface area contributed by atoms with Crippen molar-refractivity contribution in [3.63, 3.8) is 0 Å². The molecule has 0 saturated carbocycles. The maximum Gasteiger partial charge on any atom is 0.279 e. The smallest absolute Gasteiger partial charge is 0.279 e. The van der Waals surface area contributed by atoms with Gasteiger partial charge in [0.25, 0.3) is 5.91 Å². The average molecular weight is 275 g/mol. The van der Waals surface area contributed by atoms with Gasteiger partial charge in [-0.15, -0.1) is 0 Å². The number of quaternary nitrogens is 1. The number of amides is 1. The minimum atomic E-state index is 0.151. The van der Waals surface area contributed by atoms with Crippen molar-refractivity contribution in [2.75, 3.05) is 25.0 Å². The van der Waals surface area contributed by atoms with E-state index in [4.69, 9.17) is 0 Å². The van der Waals surface area contributed by atoms with Crippen LogP contribution < -0.4 is 10.2 Å². The molecule has 1 aromatic carbocycles. The number of nitrogens with one attached hydrogen (secondary N) is 2. The Kier molecular flexibility index (Phi) is 5.18. The lowest BCUT2D eigenvalue weighted by atomic mass is 9.99. The number of anilines is 1. The molecule has 0 bridgehead atoms. The van der Waals surface area contributed by atoms with Crippen LogP contribution in [0.15, 0.2) is 18.2 Å². The van der Waals surface area contributed by atoms with E-state index < -0.39 is 0 Å². The summed E-state index contributed by atoms with van der Waals surface area (Å²) in [7, 11) is 0. The topological polar surface area (TPSA) is 33.5 Å². The number of hydrogen-bond acceptors (Lipinski definition) is 1. The van der Waals surface area contributed by atoms with Crippen molar-refractivity contribution in [1.82, 2.24) is 0 Å². The van der Waals surface area contributed by atoms with Gasteiger partial charge >= 0.3 is 0 Å². The third-order valence-corrected chi connectivity index (χ3v) is 4.40. The van der Waals surface area contributed by atoms with Crippen LogP contribution in [0.1, 0.15) is 37.8 Å². The van der Waals surface area contributed by atoms with Gasteiger partial charge in [0.2, 0.25) is 0 Å². The van der Waals surface area contributed by atoms with Crippen molar-refractivity contribution in [3.8, 4) is 0 Å². The molecule has 1 saturated heterocycles. The van der Waals surface area contributed by atoms with Crippen molar-refractivity contribution < 1.29 is 9.69 Å². The fourth-order valence-electron chi connectivity index (χ4n) is 2.96. The molecule has 0 unspecified atom stereocenters. The lowest BCUT2D eigenvalue weighted by Gasteiger charge is -2.27. The summed E-state index contributed by atoms with van der Waals surface area (Å²) in [5.41, 5.74) is 3.39. The summed E-state index contributed by atoms with van der Waals surface area (Å²) in [5.74, 6) is 0.975. The van der Waals surface area contributed by atoms with Crippen LogP contribution in [-0.2, 0) is 11.2 Å². The van der Waals surface area contributed by atoms with E-state index in [1.165, 1.54) is 23.3 Å². The van der Waals surface area contributed by atoms with E-state index in [0.717, 1.165) is 36.7 Å². The van der Waals surface area contributed by atoms with Crippen molar-refractivity contribution >= 4 is 11.6 Å². The predicted octanol–water partition coefficient (Wildman–Crippen LogP) is 1.81. The lowest BCUT2D eigenvalue weighted by molar-refractivity contribution is -0.897. The van der Waals surface area contributed by atoms with E-state index in [9.17, 15) is 4.79 Å². The van der Waals surface area contributed by atoms with Gasteiger partial charge in [0, 0.05) is 5.69 Å². The number of para-hydroxylation sites is 1. The van der Waals surface area contributed by atoms with Gasteiger partial charge in [0.05, 0.1) is 13.1 Å². The molecule has 1 aliphatic heterocycles. The third kappa shape index (κ3) is 3.83. The van der Waals surface area contributed by atoms with Crippen molar-refractivity contribution in [2.45, 2.75) is 40.0 Å². The standard InChI is InChI=1S/C17H26N2O/c1-4-15-7-5-6-14(3)17(15)18-16(20)12-19-10-8-13(2)9-11-19/h5-7,13H,4,8-12H2,1-3H3,(H,18,20)/p+1. The second-order valence-corrected chi connectivity index (χ2v) is 6.12. The summed E-state index contributed by atoms with van der Waals surface area (Å²) in [6.07, 6.45) is 3.44. The minimum absolute atomic E-state index is 0.151. The van der Waals surface area contributed by atoms with E-state index in [1.807, 2.05) is 0 Å². The fourth-order valence-corrected chi connectivity index (χ4v) is 2.96. The summed E-state index contributed by atoms with van der Waals surface area (Å²) in [4.78, 5) is 13.7. The molecule has 110 valence electrons. The Balaban J connectivity index is 1.95. The SMILES string of the molecule is CCc1cccc(C)c1NC(=O)C[NH+]1CCC(C)CC1. The second kappa shape index (κ2) is 6.89. The highest BCUT2D eigenvalue weighted by Crippen LogP contribution is 2.20. The van der Waals surface area contributed by atoms with Gasteiger partial charge < -0.3 is 10.2 Å². The molecular weight excluding hydrogens is 248 g/mol. The van der Waals surface area contributed by atoms with Gasteiger partial charge in [-0.1, -0.05) is 32.0 Å². The first kappa shape index (κ1) is 15.0. The molecule has 3 nitrogen and oxygen atoms in total. The fraction of sp³-hybridized carbons (Fsp3) is 0.588. The Hall–Kier alpha value is -1.35. The zero-order valence-electron chi connectivity index (χ0n) is 13.0. The Labute approximate surface area is 122 Å². The Bertz CT molecular complexity index is 462. The monoisotopic (exact) mass is 275 g/mol. The van der Waals surface area contributed by atoms with Gasteiger partial charge in [-0.3, -0.25) is 4.79 Å². The van der Waals surface area contributed by atoms with Crippen molar-refractivity contribution in [1.29, 1.82) is 0 Å². The molecule has 0 atom stereocenters. The maximum absolute atomic E-state index is 12.3. The number of hydrogen-bond donors (Lipinski definition) is 2. The molecule has 2 rings (SSSR count). The second-order valence-electron chi connectivity index (χ2n) is 6.12. The van der Waals surface area contributed by atoms with Gasteiger partial charge in [-0.05, 0) is 43.2 Å². The lowest BCUT2D eigenvalue weighted by Crippen LogP contribution is -3.14.